The van der Waals surface area contributed by atoms with Gasteiger partial charge in [0.15, 0.2) is 0 Å². The second-order valence-electron chi connectivity index (χ2n) is 5.65. The monoisotopic (exact) mass is 302 g/mol. The van der Waals surface area contributed by atoms with Crippen molar-refractivity contribution in [2.75, 3.05) is 18.5 Å². The molecule has 1 aromatic carbocycles. The van der Waals surface area contributed by atoms with Gasteiger partial charge in [0.2, 0.25) is 11.8 Å². The van der Waals surface area contributed by atoms with Gasteiger partial charge in [-0.25, -0.2) is 0 Å². The predicted octanol–water partition coefficient (Wildman–Crippen LogP) is 2.45. The van der Waals surface area contributed by atoms with E-state index in [0.717, 1.165) is 5.75 Å². The molecule has 1 aromatic rings. The average molecular weight is 302 g/mol. The van der Waals surface area contributed by atoms with Crippen LogP contribution in [0, 0.1) is 5.92 Å². The third-order valence-corrected chi connectivity index (χ3v) is 3.64. The summed E-state index contributed by atoms with van der Waals surface area (Å²) in [5.74, 6) is 0.367. The highest BCUT2D eigenvalue weighted by Crippen LogP contribution is 2.22. The lowest BCUT2D eigenvalue weighted by Gasteiger charge is -2.20. The predicted molar refractivity (Wildman–Crippen MR) is 85.7 cm³/mol. The maximum Gasteiger partial charge on any atom is 0.229 e. The number of nitrogens with zero attached hydrogens (tertiary/aromatic N) is 1. The first-order valence-corrected chi connectivity index (χ1v) is 7.45. The Morgan fingerprint density at radius 1 is 1.45 bits per heavy atom. The molecule has 0 unspecified atom stereocenters. The molecule has 0 radical (unpaired) electrons. The van der Waals surface area contributed by atoms with Crippen molar-refractivity contribution in [1.29, 1.82) is 0 Å². The van der Waals surface area contributed by atoms with Crippen LogP contribution in [-0.4, -0.2) is 35.9 Å². The van der Waals surface area contributed by atoms with E-state index in [9.17, 15) is 9.59 Å². The van der Waals surface area contributed by atoms with Crippen LogP contribution in [0.1, 0.15) is 20.3 Å². The summed E-state index contributed by atoms with van der Waals surface area (Å²) in [5, 5.41) is 2.85. The summed E-state index contributed by atoms with van der Waals surface area (Å²) in [4.78, 5) is 25.8. The van der Waals surface area contributed by atoms with E-state index >= 15 is 0 Å². The first kappa shape index (κ1) is 16.1. The van der Waals surface area contributed by atoms with E-state index in [4.69, 9.17) is 4.74 Å². The summed E-state index contributed by atoms with van der Waals surface area (Å²) >= 11 is 0. The Morgan fingerprint density at radius 3 is 2.68 bits per heavy atom. The molecule has 22 heavy (non-hydrogen) atoms. The number of hydrogen-bond acceptors (Lipinski definition) is 3. The van der Waals surface area contributed by atoms with Gasteiger partial charge in [-0.2, -0.15) is 0 Å². The Kier molecular flexibility index (Phi) is 5.20. The molecule has 0 bridgehead atoms. The smallest absolute Gasteiger partial charge is 0.229 e. The Labute approximate surface area is 130 Å². The Bertz CT molecular complexity index is 552. The van der Waals surface area contributed by atoms with E-state index in [1.807, 2.05) is 13.8 Å². The van der Waals surface area contributed by atoms with E-state index in [1.54, 1.807) is 35.2 Å². The zero-order valence-electron chi connectivity index (χ0n) is 13.0. The Morgan fingerprint density at radius 2 is 2.14 bits per heavy atom. The molecule has 5 nitrogen and oxygen atoms in total. The lowest BCUT2D eigenvalue weighted by atomic mass is 10.1. The van der Waals surface area contributed by atoms with Gasteiger partial charge in [0.05, 0.1) is 5.92 Å². The molecule has 0 spiro atoms. The molecule has 1 aliphatic heterocycles. The molecule has 1 saturated heterocycles. The molecule has 0 saturated carbocycles. The molecule has 5 heteroatoms. The molecule has 1 heterocycles. The number of benzene rings is 1. The minimum atomic E-state index is -0.286. The SMILES string of the molecule is C=CCOc1ccc(NC(=O)[C@@H]2CC(=O)N(C(C)C)C2)cc1. The Hall–Kier alpha value is -2.30. The maximum absolute atomic E-state index is 12.3. The van der Waals surface area contributed by atoms with Crippen LogP contribution >= 0.6 is 0 Å². The van der Waals surface area contributed by atoms with Gasteiger partial charge >= 0.3 is 0 Å². The minimum Gasteiger partial charge on any atom is -0.490 e. The van der Waals surface area contributed by atoms with Gasteiger partial charge in [0.25, 0.3) is 0 Å². The van der Waals surface area contributed by atoms with Crippen LogP contribution in [-0.2, 0) is 9.59 Å². The molecule has 1 atom stereocenters. The fourth-order valence-electron chi connectivity index (χ4n) is 2.44. The zero-order valence-corrected chi connectivity index (χ0v) is 13.0. The fourth-order valence-corrected chi connectivity index (χ4v) is 2.44. The lowest BCUT2D eigenvalue weighted by Crippen LogP contribution is -2.33. The molecular formula is C17H22N2O3. The number of carbonyl (C=O) groups is 2. The fraction of sp³-hybridized carbons (Fsp3) is 0.412. The van der Waals surface area contributed by atoms with Crippen molar-refractivity contribution in [3.05, 3.63) is 36.9 Å². The van der Waals surface area contributed by atoms with Crippen LogP contribution in [0.3, 0.4) is 0 Å². The van der Waals surface area contributed by atoms with Crippen LogP contribution in [0.2, 0.25) is 0 Å². The Balaban J connectivity index is 1.92. The van der Waals surface area contributed by atoms with E-state index in [-0.39, 0.29) is 30.2 Å². The third-order valence-electron chi connectivity index (χ3n) is 3.64. The van der Waals surface area contributed by atoms with E-state index in [1.165, 1.54) is 0 Å². The molecule has 1 N–H and O–H groups in total. The molecule has 1 fully saturated rings. The van der Waals surface area contributed by atoms with Gasteiger partial charge in [-0.3, -0.25) is 9.59 Å². The standard InChI is InChI=1S/C17H22N2O3/c1-4-9-22-15-7-5-14(6-8-15)18-17(21)13-10-16(20)19(11-13)12(2)3/h4-8,12-13H,1,9-11H2,2-3H3,(H,18,21)/t13-/m1/s1. The second-order valence-corrected chi connectivity index (χ2v) is 5.65. The quantitative estimate of drug-likeness (QED) is 0.821. The molecule has 2 amide bonds. The second kappa shape index (κ2) is 7.11. The molecule has 0 aromatic heterocycles. The van der Waals surface area contributed by atoms with Crippen molar-refractivity contribution in [2.45, 2.75) is 26.3 Å². The summed E-state index contributed by atoms with van der Waals surface area (Å²) < 4.78 is 5.39. The average Bonchev–Trinajstić information content (AvgIpc) is 2.89. The molecule has 1 aliphatic rings. The van der Waals surface area contributed by atoms with Crippen molar-refractivity contribution in [3.8, 4) is 5.75 Å². The van der Waals surface area contributed by atoms with Crippen molar-refractivity contribution in [3.63, 3.8) is 0 Å². The zero-order chi connectivity index (χ0) is 16.1. The molecular weight excluding hydrogens is 280 g/mol. The molecule has 118 valence electrons. The van der Waals surface area contributed by atoms with Crippen LogP contribution < -0.4 is 10.1 Å². The highest BCUT2D eigenvalue weighted by atomic mass is 16.5. The largest absolute Gasteiger partial charge is 0.490 e. The summed E-state index contributed by atoms with van der Waals surface area (Å²) in [6.45, 7) is 8.44. The van der Waals surface area contributed by atoms with Crippen molar-refractivity contribution < 1.29 is 14.3 Å². The summed E-state index contributed by atoms with van der Waals surface area (Å²) in [7, 11) is 0. The van der Waals surface area contributed by atoms with Crippen molar-refractivity contribution >= 4 is 17.5 Å². The molecule has 0 aliphatic carbocycles. The number of ether oxygens (including phenoxy) is 1. The van der Waals surface area contributed by atoms with Gasteiger partial charge in [-0.05, 0) is 38.1 Å². The van der Waals surface area contributed by atoms with E-state index < -0.39 is 0 Å². The summed E-state index contributed by atoms with van der Waals surface area (Å²) in [6, 6.07) is 7.28. The van der Waals surface area contributed by atoms with Crippen LogP contribution in [0.5, 0.6) is 5.75 Å². The van der Waals surface area contributed by atoms with Gasteiger partial charge in [0.1, 0.15) is 12.4 Å². The highest BCUT2D eigenvalue weighted by molar-refractivity contribution is 5.97. The van der Waals surface area contributed by atoms with Gasteiger partial charge in [-0.15, -0.1) is 0 Å². The van der Waals surface area contributed by atoms with E-state index in [0.29, 0.717) is 18.8 Å². The third kappa shape index (κ3) is 3.87. The normalized spacial score (nSPS) is 17.7. The number of anilines is 1. The number of carbonyl (C=O) groups excluding carboxylic acids is 2. The first-order chi connectivity index (χ1) is 10.5. The topological polar surface area (TPSA) is 58.6 Å². The van der Waals surface area contributed by atoms with Gasteiger partial charge in [0, 0.05) is 24.7 Å². The highest BCUT2D eigenvalue weighted by Gasteiger charge is 2.35. The number of amides is 2. The van der Waals surface area contributed by atoms with Gasteiger partial charge < -0.3 is 15.0 Å². The minimum absolute atomic E-state index is 0.0447. The van der Waals surface area contributed by atoms with E-state index in [2.05, 4.69) is 11.9 Å². The number of nitrogens with one attached hydrogen (secondary N) is 1. The first-order valence-electron chi connectivity index (χ1n) is 7.45. The lowest BCUT2D eigenvalue weighted by molar-refractivity contribution is -0.129. The molecule has 2 rings (SSSR count). The summed E-state index contributed by atoms with van der Waals surface area (Å²) in [5.41, 5.74) is 0.700. The van der Waals surface area contributed by atoms with Crippen molar-refractivity contribution in [1.82, 2.24) is 4.90 Å². The number of hydrogen-bond donors (Lipinski definition) is 1. The summed E-state index contributed by atoms with van der Waals surface area (Å²) in [6.07, 6.45) is 1.96. The number of rotatable bonds is 6. The van der Waals surface area contributed by atoms with Gasteiger partial charge in [-0.1, -0.05) is 12.7 Å². The van der Waals surface area contributed by atoms with Crippen LogP contribution in [0.25, 0.3) is 0 Å². The van der Waals surface area contributed by atoms with Crippen LogP contribution in [0.4, 0.5) is 5.69 Å². The van der Waals surface area contributed by atoms with Crippen LogP contribution in [0.15, 0.2) is 36.9 Å². The number of likely N-dealkylation sites (tertiary alicyclic amines) is 1. The van der Waals surface area contributed by atoms with Crippen molar-refractivity contribution in [2.24, 2.45) is 5.92 Å². The maximum atomic E-state index is 12.3.